The first-order valence-electron chi connectivity index (χ1n) is 6.85. The smallest absolute Gasteiger partial charge is 0.323 e. The molecule has 0 heterocycles. The minimum Gasteiger partial charge on any atom is -0.480 e. The maximum absolute atomic E-state index is 12.3. The van der Waals surface area contributed by atoms with E-state index in [0.717, 1.165) is 12.8 Å². The molecule has 0 aliphatic heterocycles. The Morgan fingerprint density at radius 2 is 1.78 bits per heavy atom. The van der Waals surface area contributed by atoms with Gasteiger partial charge in [0.05, 0.1) is 0 Å². The Kier molecular flexibility index (Phi) is 5.17. The first kappa shape index (κ1) is 15.0. The van der Waals surface area contributed by atoms with Crippen LogP contribution < -0.4 is 0 Å². The molecular weight excluding hydrogens is 230 g/mol. The molecule has 1 rings (SSSR count). The lowest BCUT2D eigenvalue weighted by Crippen LogP contribution is -2.43. The van der Waals surface area contributed by atoms with Gasteiger partial charge >= 0.3 is 5.97 Å². The van der Waals surface area contributed by atoms with Gasteiger partial charge in [0.15, 0.2) is 0 Å². The van der Waals surface area contributed by atoms with E-state index in [1.807, 2.05) is 13.8 Å². The van der Waals surface area contributed by atoms with E-state index in [2.05, 4.69) is 6.92 Å². The number of carbonyl (C=O) groups excluding carboxylic acids is 1. The van der Waals surface area contributed by atoms with Crippen molar-refractivity contribution in [3.8, 4) is 0 Å². The standard InChI is InChI=1S/C14H25NO3/c1-11(2)15(10-13(17)18)12(16)9-14(3)7-5-4-6-8-14/h11H,4-10H2,1-3H3,(H,17,18). The molecule has 4 nitrogen and oxygen atoms in total. The maximum Gasteiger partial charge on any atom is 0.323 e. The second-order valence-electron chi connectivity index (χ2n) is 6.06. The van der Waals surface area contributed by atoms with E-state index in [-0.39, 0.29) is 23.9 Å². The molecule has 0 radical (unpaired) electrons. The highest BCUT2D eigenvalue weighted by molar-refractivity contribution is 5.82. The lowest BCUT2D eigenvalue weighted by molar-refractivity contribution is -0.147. The molecule has 0 aromatic rings. The van der Waals surface area contributed by atoms with E-state index in [9.17, 15) is 9.59 Å². The van der Waals surface area contributed by atoms with Crippen molar-refractivity contribution < 1.29 is 14.7 Å². The Balaban J connectivity index is 2.62. The van der Waals surface area contributed by atoms with Crippen LogP contribution in [0.2, 0.25) is 0 Å². The minimum absolute atomic E-state index is 0.0169. The monoisotopic (exact) mass is 255 g/mol. The van der Waals surface area contributed by atoms with Crippen LogP contribution in [0, 0.1) is 5.41 Å². The summed E-state index contributed by atoms with van der Waals surface area (Å²) in [4.78, 5) is 24.5. The quantitative estimate of drug-likeness (QED) is 0.821. The highest BCUT2D eigenvalue weighted by atomic mass is 16.4. The van der Waals surface area contributed by atoms with Crippen molar-refractivity contribution in [1.29, 1.82) is 0 Å². The Labute approximate surface area is 109 Å². The van der Waals surface area contributed by atoms with Gasteiger partial charge in [0, 0.05) is 12.5 Å². The summed E-state index contributed by atoms with van der Waals surface area (Å²) in [7, 11) is 0. The molecule has 1 fully saturated rings. The summed E-state index contributed by atoms with van der Waals surface area (Å²) in [5, 5.41) is 8.86. The van der Waals surface area contributed by atoms with Gasteiger partial charge in [-0.15, -0.1) is 0 Å². The van der Waals surface area contributed by atoms with E-state index in [4.69, 9.17) is 5.11 Å². The predicted octanol–water partition coefficient (Wildman–Crippen LogP) is 2.67. The zero-order chi connectivity index (χ0) is 13.8. The van der Waals surface area contributed by atoms with Crippen LogP contribution >= 0.6 is 0 Å². The topological polar surface area (TPSA) is 57.6 Å². The lowest BCUT2D eigenvalue weighted by atomic mass is 9.73. The molecule has 0 bridgehead atoms. The largest absolute Gasteiger partial charge is 0.480 e. The third kappa shape index (κ3) is 4.31. The summed E-state index contributed by atoms with van der Waals surface area (Å²) < 4.78 is 0. The molecule has 1 saturated carbocycles. The van der Waals surface area contributed by atoms with Crippen LogP contribution in [0.15, 0.2) is 0 Å². The number of hydrogen-bond donors (Lipinski definition) is 1. The normalized spacial score (nSPS) is 18.7. The number of nitrogens with zero attached hydrogens (tertiary/aromatic N) is 1. The lowest BCUT2D eigenvalue weighted by Gasteiger charge is -2.35. The Bertz CT molecular complexity index is 306. The second-order valence-corrected chi connectivity index (χ2v) is 6.06. The SMILES string of the molecule is CC(C)N(CC(=O)O)C(=O)CC1(C)CCCCC1. The summed E-state index contributed by atoms with van der Waals surface area (Å²) in [6.45, 7) is 5.70. The summed E-state index contributed by atoms with van der Waals surface area (Å²) >= 11 is 0. The molecule has 4 heteroatoms. The number of amides is 1. The fourth-order valence-electron chi connectivity index (χ4n) is 2.75. The molecule has 18 heavy (non-hydrogen) atoms. The number of carbonyl (C=O) groups is 2. The molecule has 0 aromatic carbocycles. The van der Waals surface area contributed by atoms with E-state index >= 15 is 0 Å². The molecule has 1 N–H and O–H groups in total. The molecule has 0 unspecified atom stereocenters. The van der Waals surface area contributed by atoms with Gasteiger partial charge in [0.2, 0.25) is 5.91 Å². The molecule has 0 atom stereocenters. The van der Waals surface area contributed by atoms with Gasteiger partial charge in [-0.25, -0.2) is 0 Å². The van der Waals surface area contributed by atoms with Crippen LogP contribution in [0.4, 0.5) is 0 Å². The van der Waals surface area contributed by atoms with Gasteiger partial charge in [-0.2, -0.15) is 0 Å². The minimum atomic E-state index is -0.939. The maximum atomic E-state index is 12.3. The Morgan fingerprint density at radius 3 is 2.22 bits per heavy atom. The molecule has 0 aromatic heterocycles. The van der Waals surface area contributed by atoms with Gasteiger partial charge in [0.25, 0.3) is 0 Å². The molecular formula is C14H25NO3. The van der Waals surface area contributed by atoms with E-state index in [0.29, 0.717) is 6.42 Å². The molecule has 1 amide bonds. The van der Waals surface area contributed by atoms with Gasteiger partial charge in [-0.05, 0) is 32.1 Å². The van der Waals surface area contributed by atoms with Crippen molar-refractivity contribution in [3.63, 3.8) is 0 Å². The molecule has 0 spiro atoms. The summed E-state index contributed by atoms with van der Waals surface area (Å²) in [6, 6.07) is -0.0548. The number of aliphatic carboxylic acids is 1. The zero-order valence-corrected chi connectivity index (χ0v) is 11.7. The third-order valence-electron chi connectivity index (χ3n) is 3.89. The average molecular weight is 255 g/mol. The number of rotatable bonds is 5. The van der Waals surface area contributed by atoms with Crippen LogP contribution in [-0.4, -0.2) is 34.5 Å². The first-order chi connectivity index (χ1) is 8.34. The fraction of sp³-hybridized carbons (Fsp3) is 0.857. The number of carboxylic acid groups (broad SMARTS) is 1. The van der Waals surface area contributed by atoms with Gasteiger partial charge < -0.3 is 10.0 Å². The molecule has 0 saturated heterocycles. The van der Waals surface area contributed by atoms with Crippen molar-refractivity contribution in [1.82, 2.24) is 4.90 Å². The van der Waals surface area contributed by atoms with Crippen molar-refractivity contribution in [2.24, 2.45) is 5.41 Å². The Morgan fingerprint density at radius 1 is 1.22 bits per heavy atom. The zero-order valence-electron chi connectivity index (χ0n) is 11.7. The molecule has 104 valence electrons. The van der Waals surface area contributed by atoms with Gasteiger partial charge in [-0.3, -0.25) is 9.59 Å². The van der Waals surface area contributed by atoms with Crippen molar-refractivity contribution >= 4 is 11.9 Å². The van der Waals surface area contributed by atoms with E-state index in [1.54, 1.807) is 0 Å². The van der Waals surface area contributed by atoms with Crippen LogP contribution in [0.25, 0.3) is 0 Å². The van der Waals surface area contributed by atoms with Crippen LogP contribution in [0.3, 0.4) is 0 Å². The summed E-state index contributed by atoms with van der Waals surface area (Å²) in [5.41, 5.74) is 0.0704. The second kappa shape index (κ2) is 6.21. The first-order valence-corrected chi connectivity index (χ1v) is 6.85. The van der Waals surface area contributed by atoms with Crippen LogP contribution in [0.5, 0.6) is 0 Å². The number of carboxylic acids is 1. The van der Waals surface area contributed by atoms with Crippen LogP contribution in [-0.2, 0) is 9.59 Å². The molecule has 1 aliphatic rings. The van der Waals surface area contributed by atoms with Crippen molar-refractivity contribution in [2.45, 2.75) is 65.3 Å². The van der Waals surface area contributed by atoms with Gasteiger partial charge in [-0.1, -0.05) is 26.2 Å². The Hall–Kier alpha value is -1.06. The van der Waals surface area contributed by atoms with Gasteiger partial charge in [0.1, 0.15) is 6.54 Å². The van der Waals surface area contributed by atoms with Crippen LogP contribution in [0.1, 0.15) is 59.3 Å². The highest BCUT2D eigenvalue weighted by Gasteiger charge is 2.32. The third-order valence-corrected chi connectivity index (χ3v) is 3.89. The molecule has 1 aliphatic carbocycles. The van der Waals surface area contributed by atoms with E-state index < -0.39 is 5.97 Å². The summed E-state index contributed by atoms with van der Waals surface area (Å²) in [6.07, 6.45) is 6.27. The van der Waals surface area contributed by atoms with E-state index in [1.165, 1.54) is 24.2 Å². The average Bonchev–Trinajstić information content (AvgIpc) is 2.25. The summed E-state index contributed by atoms with van der Waals surface area (Å²) in [5.74, 6) is -0.956. The number of hydrogen-bond acceptors (Lipinski definition) is 2. The van der Waals surface area contributed by atoms with Crippen molar-refractivity contribution in [3.05, 3.63) is 0 Å². The van der Waals surface area contributed by atoms with Crippen molar-refractivity contribution in [2.75, 3.05) is 6.54 Å². The highest BCUT2D eigenvalue weighted by Crippen LogP contribution is 2.39. The predicted molar refractivity (Wildman–Crippen MR) is 70.3 cm³/mol. The fourth-order valence-corrected chi connectivity index (χ4v) is 2.75.